The van der Waals surface area contributed by atoms with Gasteiger partial charge in [-0.1, -0.05) is 6.92 Å². The molecule has 2 aliphatic heterocycles. The zero-order valence-electron chi connectivity index (χ0n) is 13.2. The van der Waals surface area contributed by atoms with Crippen LogP contribution < -0.4 is 10.3 Å². The highest BCUT2D eigenvalue weighted by atomic mass is 15.6. The molecule has 3 heterocycles. The van der Waals surface area contributed by atoms with E-state index >= 15 is 0 Å². The molecule has 1 aromatic rings. The minimum Gasteiger partial charge on any atom is -0.311 e. The Kier molecular flexibility index (Phi) is 4.01. The molecule has 0 amide bonds. The van der Waals surface area contributed by atoms with Crippen molar-refractivity contribution in [2.24, 2.45) is 0 Å². The molecular formula is C16H28N4. The first kappa shape index (κ1) is 13.9. The van der Waals surface area contributed by atoms with Gasteiger partial charge in [0.15, 0.2) is 0 Å². The lowest BCUT2D eigenvalue weighted by atomic mass is 9.99. The molecule has 4 heteroatoms. The molecule has 0 bridgehead atoms. The highest BCUT2D eigenvalue weighted by Crippen LogP contribution is 2.26. The average Bonchev–Trinajstić information content (AvgIpc) is 2.78. The van der Waals surface area contributed by atoms with Crippen molar-refractivity contribution in [2.45, 2.75) is 77.9 Å². The maximum atomic E-state index is 4.94. The van der Waals surface area contributed by atoms with E-state index in [9.17, 15) is 0 Å². The average molecular weight is 276 g/mol. The molecule has 2 atom stereocenters. The van der Waals surface area contributed by atoms with E-state index in [1.807, 2.05) is 0 Å². The maximum absolute atomic E-state index is 4.94. The summed E-state index contributed by atoms with van der Waals surface area (Å²) in [5.41, 5.74) is 2.75. The molecule has 0 spiro atoms. The molecule has 2 aliphatic rings. The van der Waals surface area contributed by atoms with Crippen LogP contribution in [0.25, 0.3) is 0 Å². The van der Waals surface area contributed by atoms with Gasteiger partial charge in [0.1, 0.15) is 5.82 Å². The lowest BCUT2D eigenvalue weighted by Crippen LogP contribution is -2.52. The number of imidazole rings is 1. The number of hydrogen-bond acceptors (Lipinski definition) is 3. The largest absolute Gasteiger partial charge is 0.311 e. The molecule has 20 heavy (non-hydrogen) atoms. The lowest BCUT2D eigenvalue weighted by Gasteiger charge is -2.43. The molecule has 2 unspecified atom stereocenters. The first-order chi connectivity index (χ1) is 9.72. The highest BCUT2D eigenvalue weighted by molar-refractivity contribution is 5.24. The van der Waals surface area contributed by atoms with Gasteiger partial charge in [0.05, 0.1) is 11.4 Å². The van der Waals surface area contributed by atoms with E-state index in [1.54, 1.807) is 0 Å². The summed E-state index contributed by atoms with van der Waals surface area (Å²) in [6.07, 6.45) is 7.34. The zero-order valence-corrected chi connectivity index (χ0v) is 13.2. The van der Waals surface area contributed by atoms with Gasteiger partial charge in [0.25, 0.3) is 0 Å². The zero-order chi connectivity index (χ0) is 14.1. The van der Waals surface area contributed by atoms with Gasteiger partial charge >= 0.3 is 0 Å². The lowest BCUT2D eigenvalue weighted by molar-refractivity contribution is 0.324. The quantitative estimate of drug-likeness (QED) is 0.920. The van der Waals surface area contributed by atoms with Gasteiger partial charge < -0.3 is 10.3 Å². The summed E-state index contributed by atoms with van der Waals surface area (Å²) in [7, 11) is 0. The highest BCUT2D eigenvalue weighted by Gasteiger charge is 2.30. The summed E-state index contributed by atoms with van der Waals surface area (Å²) in [5.74, 6) is 1.28. The van der Waals surface area contributed by atoms with Crippen molar-refractivity contribution in [3.63, 3.8) is 0 Å². The third-order valence-corrected chi connectivity index (χ3v) is 4.78. The summed E-state index contributed by atoms with van der Waals surface area (Å²) in [5, 5.41) is 6.07. The Morgan fingerprint density at radius 3 is 2.70 bits per heavy atom. The number of piperidine rings is 1. The van der Waals surface area contributed by atoms with Crippen molar-refractivity contribution in [1.82, 2.24) is 15.0 Å². The predicted molar refractivity (Wildman–Crippen MR) is 82.6 cm³/mol. The van der Waals surface area contributed by atoms with E-state index in [0.29, 0.717) is 12.1 Å². The van der Waals surface area contributed by atoms with E-state index in [-0.39, 0.29) is 0 Å². The van der Waals surface area contributed by atoms with Gasteiger partial charge in [-0.15, -0.1) is 0 Å². The van der Waals surface area contributed by atoms with E-state index in [4.69, 9.17) is 4.98 Å². The second kappa shape index (κ2) is 5.76. The number of hydrogen-bond donors (Lipinski definition) is 1. The molecule has 1 N–H and O–H groups in total. The Hall–Kier alpha value is -1.03. The number of fused-ring (bicyclic) bond motifs is 1. The Labute approximate surface area is 122 Å². The SMILES string of the molecule is CCCc1nc2c(n1N1C(C)CCCC1C)CCNC2. The summed E-state index contributed by atoms with van der Waals surface area (Å²) >= 11 is 0. The minimum atomic E-state index is 0.627. The summed E-state index contributed by atoms with van der Waals surface area (Å²) in [6.45, 7) is 9.02. The molecule has 1 saturated heterocycles. The first-order valence-electron chi connectivity index (χ1n) is 8.31. The van der Waals surface area contributed by atoms with Crippen LogP contribution in [-0.4, -0.2) is 28.3 Å². The van der Waals surface area contributed by atoms with Crippen LogP contribution in [0, 0.1) is 0 Å². The molecule has 3 rings (SSSR count). The van der Waals surface area contributed by atoms with Crippen LogP contribution >= 0.6 is 0 Å². The van der Waals surface area contributed by atoms with Crippen LogP contribution in [0.1, 0.15) is 63.7 Å². The monoisotopic (exact) mass is 276 g/mol. The van der Waals surface area contributed by atoms with Crippen molar-refractivity contribution < 1.29 is 0 Å². The Balaban J connectivity index is 2.03. The second-order valence-electron chi connectivity index (χ2n) is 6.42. The van der Waals surface area contributed by atoms with Crippen molar-refractivity contribution in [2.75, 3.05) is 11.6 Å². The molecule has 0 saturated carbocycles. The minimum absolute atomic E-state index is 0.627. The number of rotatable bonds is 3. The Bertz CT molecular complexity index is 455. The van der Waals surface area contributed by atoms with E-state index in [0.717, 1.165) is 25.9 Å². The molecule has 0 aliphatic carbocycles. The number of nitrogens with one attached hydrogen (secondary N) is 1. The van der Waals surface area contributed by atoms with E-state index in [1.165, 1.54) is 42.9 Å². The van der Waals surface area contributed by atoms with Gasteiger partial charge in [-0.05, 0) is 39.5 Å². The van der Waals surface area contributed by atoms with E-state index in [2.05, 4.69) is 35.8 Å². The number of aromatic nitrogens is 2. The van der Waals surface area contributed by atoms with Crippen molar-refractivity contribution in [3.05, 3.63) is 17.2 Å². The van der Waals surface area contributed by atoms with Gasteiger partial charge in [-0.25, -0.2) is 9.66 Å². The Morgan fingerprint density at radius 2 is 2.00 bits per heavy atom. The maximum Gasteiger partial charge on any atom is 0.128 e. The molecule has 1 fully saturated rings. The number of nitrogens with zero attached hydrogens (tertiary/aromatic N) is 3. The van der Waals surface area contributed by atoms with Crippen LogP contribution in [0.15, 0.2) is 0 Å². The van der Waals surface area contributed by atoms with Crippen LogP contribution in [0.4, 0.5) is 0 Å². The Morgan fingerprint density at radius 1 is 1.25 bits per heavy atom. The molecule has 112 valence electrons. The summed E-state index contributed by atoms with van der Waals surface area (Å²) in [6, 6.07) is 1.25. The van der Waals surface area contributed by atoms with Gasteiger partial charge in [0.2, 0.25) is 0 Å². The van der Waals surface area contributed by atoms with Gasteiger partial charge in [0, 0.05) is 38.0 Å². The summed E-state index contributed by atoms with van der Waals surface area (Å²) in [4.78, 5) is 4.94. The van der Waals surface area contributed by atoms with Crippen molar-refractivity contribution >= 4 is 0 Å². The molecule has 1 aromatic heterocycles. The molecule has 0 aromatic carbocycles. The molecular weight excluding hydrogens is 248 g/mol. The molecule has 0 radical (unpaired) electrons. The van der Waals surface area contributed by atoms with Gasteiger partial charge in [-0.3, -0.25) is 0 Å². The third-order valence-electron chi connectivity index (χ3n) is 4.78. The fourth-order valence-corrected chi connectivity index (χ4v) is 3.81. The predicted octanol–water partition coefficient (Wildman–Crippen LogP) is 2.38. The fraction of sp³-hybridized carbons (Fsp3) is 0.812. The van der Waals surface area contributed by atoms with Crippen molar-refractivity contribution in [1.29, 1.82) is 0 Å². The smallest absolute Gasteiger partial charge is 0.128 e. The van der Waals surface area contributed by atoms with Crippen LogP contribution in [0.5, 0.6) is 0 Å². The van der Waals surface area contributed by atoms with Gasteiger partial charge in [-0.2, -0.15) is 0 Å². The van der Waals surface area contributed by atoms with Crippen molar-refractivity contribution in [3.8, 4) is 0 Å². The first-order valence-corrected chi connectivity index (χ1v) is 8.31. The van der Waals surface area contributed by atoms with Crippen LogP contribution in [0.2, 0.25) is 0 Å². The summed E-state index contributed by atoms with van der Waals surface area (Å²) < 4.78 is 2.51. The second-order valence-corrected chi connectivity index (χ2v) is 6.42. The van der Waals surface area contributed by atoms with Crippen LogP contribution in [-0.2, 0) is 19.4 Å². The van der Waals surface area contributed by atoms with Crippen LogP contribution in [0.3, 0.4) is 0 Å². The topological polar surface area (TPSA) is 33.1 Å². The standard InChI is InChI=1S/C16H28N4/c1-4-6-16-18-14-11-17-10-9-15(14)20(16)19-12(2)7-5-8-13(19)3/h12-13,17H,4-11H2,1-3H3. The fourth-order valence-electron chi connectivity index (χ4n) is 3.81. The number of aryl methyl sites for hydroxylation is 1. The molecule has 4 nitrogen and oxygen atoms in total. The van der Waals surface area contributed by atoms with E-state index < -0.39 is 0 Å². The third kappa shape index (κ3) is 2.34. The normalized spacial score (nSPS) is 26.6.